The molecule has 28 heavy (non-hydrogen) atoms. The van der Waals surface area contributed by atoms with Crippen LogP contribution in [0.1, 0.15) is 34.5 Å². The monoisotopic (exact) mass is 405 g/mol. The van der Waals surface area contributed by atoms with Gasteiger partial charge in [-0.3, -0.25) is 19.8 Å². The quantitative estimate of drug-likeness (QED) is 0.564. The van der Waals surface area contributed by atoms with Crippen LogP contribution in [0.3, 0.4) is 0 Å². The second-order valence-electron chi connectivity index (χ2n) is 6.88. The molecule has 1 heterocycles. The molecule has 6 nitrogen and oxygen atoms in total. The van der Waals surface area contributed by atoms with Crippen LogP contribution in [0.2, 0.25) is 5.02 Å². The second kappa shape index (κ2) is 8.24. The van der Waals surface area contributed by atoms with Crippen molar-refractivity contribution in [3.8, 4) is 0 Å². The minimum Gasteiger partial charge on any atom is -0.336 e. The number of carbonyl (C=O) groups is 1. The first-order valence-corrected chi connectivity index (χ1v) is 9.39. The van der Waals surface area contributed by atoms with E-state index in [2.05, 4.69) is 11.8 Å². The van der Waals surface area contributed by atoms with Gasteiger partial charge in [0.1, 0.15) is 5.82 Å². The SMILES string of the molecule is Cc1c(F)cc(C(=O)N2CCN(C(C)c3ccccc3Cl)CC2)cc1[N+](=O)[O-]. The first-order valence-electron chi connectivity index (χ1n) is 9.02. The predicted octanol–water partition coefficient (Wildman–Crippen LogP) is 4.21. The second-order valence-corrected chi connectivity index (χ2v) is 7.29. The predicted molar refractivity (Wildman–Crippen MR) is 105 cm³/mol. The first-order chi connectivity index (χ1) is 13.3. The van der Waals surface area contributed by atoms with Gasteiger partial charge in [-0.15, -0.1) is 0 Å². The van der Waals surface area contributed by atoms with E-state index in [1.54, 1.807) is 4.90 Å². The summed E-state index contributed by atoms with van der Waals surface area (Å²) < 4.78 is 14.0. The van der Waals surface area contributed by atoms with E-state index in [0.717, 1.165) is 17.7 Å². The van der Waals surface area contributed by atoms with Gasteiger partial charge >= 0.3 is 0 Å². The molecule has 0 radical (unpaired) electrons. The smallest absolute Gasteiger partial charge is 0.276 e. The van der Waals surface area contributed by atoms with Crippen LogP contribution in [0.4, 0.5) is 10.1 Å². The number of benzene rings is 2. The summed E-state index contributed by atoms with van der Waals surface area (Å²) in [5.74, 6) is -1.14. The molecule has 1 fully saturated rings. The zero-order valence-corrected chi connectivity index (χ0v) is 16.4. The van der Waals surface area contributed by atoms with Gasteiger partial charge in [-0.2, -0.15) is 0 Å². The molecule has 8 heteroatoms. The lowest BCUT2D eigenvalue weighted by molar-refractivity contribution is -0.385. The summed E-state index contributed by atoms with van der Waals surface area (Å²) in [7, 11) is 0. The van der Waals surface area contributed by atoms with Crippen molar-refractivity contribution in [3.63, 3.8) is 0 Å². The molecule has 148 valence electrons. The third-order valence-corrected chi connectivity index (χ3v) is 5.61. The Balaban J connectivity index is 1.71. The molecule has 2 aromatic carbocycles. The minimum absolute atomic E-state index is 0.00222. The van der Waals surface area contributed by atoms with Crippen LogP contribution in [-0.2, 0) is 0 Å². The fraction of sp³-hybridized carbons (Fsp3) is 0.350. The Hall–Kier alpha value is -2.51. The lowest BCUT2D eigenvalue weighted by atomic mass is 10.1. The highest BCUT2D eigenvalue weighted by atomic mass is 35.5. The van der Waals surface area contributed by atoms with Gasteiger partial charge in [-0.05, 0) is 31.5 Å². The Morgan fingerprint density at radius 1 is 1.21 bits per heavy atom. The normalized spacial score (nSPS) is 16.1. The zero-order valence-electron chi connectivity index (χ0n) is 15.7. The Morgan fingerprint density at radius 3 is 2.46 bits per heavy atom. The summed E-state index contributed by atoms with van der Waals surface area (Å²) in [4.78, 5) is 27.0. The van der Waals surface area contributed by atoms with Crippen LogP contribution in [0.25, 0.3) is 0 Å². The summed E-state index contributed by atoms with van der Waals surface area (Å²) in [6, 6.07) is 9.99. The number of hydrogen-bond donors (Lipinski definition) is 0. The van der Waals surface area contributed by atoms with Crippen molar-refractivity contribution in [2.75, 3.05) is 26.2 Å². The van der Waals surface area contributed by atoms with Gasteiger partial charge in [-0.25, -0.2) is 4.39 Å². The van der Waals surface area contributed by atoms with Crippen LogP contribution in [0.5, 0.6) is 0 Å². The van der Waals surface area contributed by atoms with E-state index < -0.39 is 16.6 Å². The molecular formula is C20H21ClFN3O3. The summed E-state index contributed by atoms with van der Waals surface area (Å²) in [6.07, 6.45) is 0. The van der Waals surface area contributed by atoms with Crippen LogP contribution in [0.15, 0.2) is 36.4 Å². The average molecular weight is 406 g/mol. The number of carbonyl (C=O) groups excluding carboxylic acids is 1. The average Bonchev–Trinajstić information content (AvgIpc) is 2.69. The van der Waals surface area contributed by atoms with Crippen LogP contribution < -0.4 is 0 Å². The summed E-state index contributed by atoms with van der Waals surface area (Å²) in [6.45, 7) is 5.57. The van der Waals surface area contributed by atoms with Gasteiger partial charge in [0.2, 0.25) is 0 Å². The summed E-state index contributed by atoms with van der Waals surface area (Å²) >= 11 is 6.28. The highest BCUT2D eigenvalue weighted by molar-refractivity contribution is 6.31. The van der Waals surface area contributed by atoms with Gasteiger partial charge in [0.25, 0.3) is 11.6 Å². The Morgan fingerprint density at radius 2 is 1.86 bits per heavy atom. The molecular weight excluding hydrogens is 385 g/mol. The van der Waals surface area contributed by atoms with Crippen molar-refractivity contribution >= 4 is 23.2 Å². The number of piperazine rings is 1. The molecule has 0 bridgehead atoms. The fourth-order valence-corrected chi connectivity index (χ4v) is 3.78. The van der Waals surface area contributed by atoms with Crippen molar-refractivity contribution in [3.05, 3.63) is 74.0 Å². The number of nitro groups is 1. The van der Waals surface area contributed by atoms with E-state index in [0.29, 0.717) is 31.2 Å². The third-order valence-electron chi connectivity index (χ3n) is 5.27. The molecule has 0 N–H and O–H groups in total. The highest BCUT2D eigenvalue weighted by Crippen LogP contribution is 2.28. The van der Waals surface area contributed by atoms with E-state index in [4.69, 9.17) is 11.6 Å². The number of halogens is 2. The molecule has 1 unspecified atom stereocenters. The van der Waals surface area contributed by atoms with E-state index in [-0.39, 0.29) is 22.9 Å². The maximum atomic E-state index is 14.0. The lowest BCUT2D eigenvalue weighted by Gasteiger charge is -2.38. The molecule has 1 saturated heterocycles. The minimum atomic E-state index is -0.747. The van der Waals surface area contributed by atoms with Crippen molar-refractivity contribution in [2.24, 2.45) is 0 Å². The lowest BCUT2D eigenvalue weighted by Crippen LogP contribution is -2.49. The molecule has 3 rings (SSSR count). The van der Waals surface area contributed by atoms with Gasteiger partial charge in [0.15, 0.2) is 0 Å². The van der Waals surface area contributed by atoms with E-state index in [1.807, 2.05) is 24.3 Å². The third kappa shape index (κ3) is 4.00. The van der Waals surface area contributed by atoms with Crippen molar-refractivity contribution in [1.82, 2.24) is 9.80 Å². The Bertz CT molecular complexity index is 914. The topological polar surface area (TPSA) is 66.7 Å². The van der Waals surface area contributed by atoms with E-state index in [9.17, 15) is 19.3 Å². The Kier molecular flexibility index (Phi) is 5.96. The number of nitrogens with zero attached hydrogens (tertiary/aromatic N) is 3. The van der Waals surface area contributed by atoms with Gasteiger partial charge < -0.3 is 4.90 Å². The number of nitro benzene ring substituents is 1. The van der Waals surface area contributed by atoms with Crippen molar-refractivity contribution < 1.29 is 14.1 Å². The largest absolute Gasteiger partial charge is 0.336 e. The van der Waals surface area contributed by atoms with E-state index in [1.165, 1.54) is 6.92 Å². The van der Waals surface area contributed by atoms with Crippen molar-refractivity contribution in [1.29, 1.82) is 0 Å². The number of rotatable bonds is 4. The molecule has 1 aliphatic rings. The summed E-state index contributed by atoms with van der Waals surface area (Å²) in [5.41, 5.74) is 0.580. The summed E-state index contributed by atoms with van der Waals surface area (Å²) in [5, 5.41) is 11.8. The van der Waals surface area contributed by atoms with Crippen molar-refractivity contribution in [2.45, 2.75) is 19.9 Å². The molecule has 0 spiro atoms. The van der Waals surface area contributed by atoms with Crippen LogP contribution in [-0.4, -0.2) is 46.8 Å². The van der Waals surface area contributed by atoms with Gasteiger partial charge in [0, 0.05) is 48.9 Å². The zero-order chi connectivity index (χ0) is 20.4. The number of hydrogen-bond acceptors (Lipinski definition) is 4. The highest BCUT2D eigenvalue weighted by Gasteiger charge is 2.28. The molecule has 2 aromatic rings. The van der Waals surface area contributed by atoms with Gasteiger partial charge in [-0.1, -0.05) is 29.8 Å². The molecule has 1 amide bonds. The molecule has 0 aliphatic carbocycles. The molecule has 0 saturated carbocycles. The Labute approximate surface area is 167 Å². The standard InChI is InChI=1S/C20H21ClFN3O3/c1-13-18(22)11-15(12-19(13)25(27)28)20(26)24-9-7-23(8-10-24)14(2)16-5-3-4-6-17(16)21/h3-6,11-12,14H,7-10H2,1-2H3. The molecule has 1 atom stereocenters. The first kappa shape index (κ1) is 20.2. The molecule has 0 aromatic heterocycles. The fourth-order valence-electron chi connectivity index (χ4n) is 3.48. The van der Waals surface area contributed by atoms with Gasteiger partial charge in [0.05, 0.1) is 10.5 Å². The van der Waals surface area contributed by atoms with E-state index >= 15 is 0 Å². The maximum Gasteiger partial charge on any atom is 0.276 e. The number of amides is 1. The van der Waals surface area contributed by atoms with Crippen LogP contribution in [0, 0.1) is 22.9 Å². The van der Waals surface area contributed by atoms with Crippen LogP contribution >= 0.6 is 11.6 Å². The maximum absolute atomic E-state index is 14.0. The molecule has 1 aliphatic heterocycles.